The lowest BCUT2D eigenvalue weighted by Gasteiger charge is -2.34. The van der Waals surface area contributed by atoms with Crippen LogP contribution in [0.4, 0.5) is 0 Å². The number of carbonyl (C=O) groups is 1. The molecule has 0 radical (unpaired) electrons. The summed E-state index contributed by atoms with van der Waals surface area (Å²) in [7, 11) is -1.73. The van der Waals surface area contributed by atoms with Crippen LogP contribution in [0.3, 0.4) is 0 Å². The standard InChI is InChI=1S/C13H19N3O3S.ClH/c1-14-11-13(17)15-7-9-16(10-8-15)20(18,19)12-5-3-2-4-6-12;/h2-6,14H,7-11H2,1H3;1H. The van der Waals surface area contributed by atoms with Crippen molar-refractivity contribution in [3.8, 4) is 0 Å². The van der Waals surface area contributed by atoms with Crippen molar-refractivity contribution in [3.05, 3.63) is 30.3 Å². The van der Waals surface area contributed by atoms with Gasteiger partial charge in [0.15, 0.2) is 0 Å². The second-order valence-electron chi connectivity index (χ2n) is 4.63. The van der Waals surface area contributed by atoms with Crippen molar-refractivity contribution in [2.24, 2.45) is 0 Å². The van der Waals surface area contributed by atoms with Crippen molar-refractivity contribution in [1.29, 1.82) is 0 Å². The lowest BCUT2D eigenvalue weighted by molar-refractivity contribution is -0.131. The monoisotopic (exact) mass is 333 g/mol. The highest BCUT2D eigenvalue weighted by Crippen LogP contribution is 2.17. The number of nitrogens with one attached hydrogen (secondary N) is 1. The van der Waals surface area contributed by atoms with Gasteiger partial charge in [-0.2, -0.15) is 4.31 Å². The van der Waals surface area contributed by atoms with Crippen molar-refractivity contribution in [2.75, 3.05) is 39.8 Å². The highest BCUT2D eigenvalue weighted by Gasteiger charge is 2.29. The Hall–Kier alpha value is -1.15. The largest absolute Gasteiger partial charge is 0.339 e. The summed E-state index contributed by atoms with van der Waals surface area (Å²) in [6, 6.07) is 8.38. The summed E-state index contributed by atoms with van der Waals surface area (Å²) in [6.45, 7) is 1.84. The molecule has 0 saturated carbocycles. The molecule has 0 bridgehead atoms. The second kappa shape index (κ2) is 7.74. The van der Waals surface area contributed by atoms with Gasteiger partial charge < -0.3 is 10.2 Å². The Morgan fingerprint density at radius 3 is 2.24 bits per heavy atom. The number of sulfonamides is 1. The third kappa shape index (κ3) is 4.16. The first-order valence-corrected chi connectivity index (χ1v) is 7.97. The molecule has 0 aromatic heterocycles. The molecule has 1 aliphatic heterocycles. The van der Waals surface area contributed by atoms with Crippen LogP contribution in [0.2, 0.25) is 0 Å². The maximum Gasteiger partial charge on any atom is 0.243 e. The van der Waals surface area contributed by atoms with Gasteiger partial charge in [-0.15, -0.1) is 12.4 Å². The molecule has 21 heavy (non-hydrogen) atoms. The van der Waals surface area contributed by atoms with Crippen LogP contribution in [-0.2, 0) is 14.8 Å². The van der Waals surface area contributed by atoms with E-state index in [0.29, 0.717) is 31.1 Å². The van der Waals surface area contributed by atoms with Crippen LogP contribution in [0.5, 0.6) is 0 Å². The Labute approximate surface area is 131 Å². The number of hydrogen-bond donors (Lipinski definition) is 1. The molecular weight excluding hydrogens is 314 g/mol. The van der Waals surface area contributed by atoms with E-state index >= 15 is 0 Å². The van der Waals surface area contributed by atoms with Gasteiger partial charge in [-0.25, -0.2) is 8.42 Å². The molecule has 0 aliphatic carbocycles. The fraction of sp³-hybridized carbons (Fsp3) is 0.462. The van der Waals surface area contributed by atoms with Crippen molar-refractivity contribution in [3.63, 3.8) is 0 Å². The van der Waals surface area contributed by atoms with Crippen molar-refractivity contribution in [2.45, 2.75) is 4.90 Å². The molecule has 0 atom stereocenters. The maximum absolute atomic E-state index is 12.4. The number of halogens is 1. The zero-order valence-corrected chi connectivity index (χ0v) is 13.5. The highest BCUT2D eigenvalue weighted by molar-refractivity contribution is 7.89. The fourth-order valence-corrected chi connectivity index (χ4v) is 3.63. The Kier molecular flexibility index (Phi) is 6.60. The maximum atomic E-state index is 12.4. The third-order valence-corrected chi connectivity index (χ3v) is 5.21. The third-order valence-electron chi connectivity index (χ3n) is 3.30. The van der Waals surface area contributed by atoms with E-state index in [1.807, 2.05) is 0 Å². The zero-order valence-electron chi connectivity index (χ0n) is 11.9. The molecule has 1 saturated heterocycles. The van der Waals surface area contributed by atoms with Crippen LogP contribution in [0.25, 0.3) is 0 Å². The molecule has 1 fully saturated rings. The molecule has 6 nitrogen and oxygen atoms in total. The van der Waals surface area contributed by atoms with Crippen LogP contribution in [-0.4, -0.2) is 63.3 Å². The molecule has 1 amide bonds. The number of rotatable bonds is 4. The normalized spacial score (nSPS) is 16.3. The lowest BCUT2D eigenvalue weighted by atomic mass is 10.3. The number of hydrogen-bond acceptors (Lipinski definition) is 4. The van der Waals surface area contributed by atoms with Crippen molar-refractivity contribution >= 4 is 28.3 Å². The molecule has 1 aliphatic rings. The van der Waals surface area contributed by atoms with Crippen LogP contribution in [0.1, 0.15) is 0 Å². The van der Waals surface area contributed by atoms with Gasteiger partial charge in [0.1, 0.15) is 0 Å². The average Bonchev–Trinajstić information content (AvgIpc) is 2.48. The van der Waals surface area contributed by atoms with Crippen LogP contribution < -0.4 is 5.32 Å². The van der Waals surface area contributed by atoms with E-state index in [1.54, 1.807) is 42.3 Å². The van der Waals surface area contributed by atoms with Gasteiger partial charge in [0.2, 0.25) is 15.9 Å². The molecule has 2 rings (SSSR count). The van der Waals surface area contributed by atoms with E-state index in [-0.39, 0.29) is 24.9 Å². The van der Waals surface area contributed by atoms with E-state index in [2.05, 4.69) is 5.32 Å². The smallest absolute Gasteiger partial charge is 0.243 e. The molecule has 1 aromatic rings. The minimum atomic E-state index is -3.44. The number of benzene rings is 1. The second-order valence-corrected chi connectivity index (χ2v) is 6.57. The van der Waals surface area contributed by atoms with Gasteiger partial charge >= 0.3 is 0 Å². The lowest BCUT2D eigenvalue weighted by Crippen LogP contribution is -2.52. The quantitative estimate of drug-likeness (QED) is 0.852. The molecule has 1 heterocycles. The van der Waals surface area contributed by atoms with E-state index in [9.17, 15) is 13.2 Å². The summed E-state index contributed by atoms with van der Waals surface area (Å²) in [6.07, 6.45) is 0. The highest BCUT2D eigenvalue weighted by atomic mass is 35.5. The molecule has 0 unspecified atom stereocenters. The van der Waals surface area contributed by atoms with E-state index in [4.69, 9.17) is 0 Å². The summed E-state index contributed by atoms with van der Waals surface area (Å²) < 4.78 is 26.2. The molecule has 0 spiro atoms. The molecular formula is C13H20ClN3O3S. The summed E-state index contributed by atoms with van der Waals surface area (Å²) in [5, 5.41) is 2.81. The molecule has 1 N–H and O–H groups in total. The SMILES string of the molecule is CNCC(=O)N1CCN(S(=O)(=O)c2ccccc2)CC1.Cl. The van der Waals surface area contributed by atoms with Crippen LogP contribution in [0.15, 0.2) is 35.2 Å². The first kappa shape index (κ1) is 17.9. The first-order valence-electron chi connectivity index (χ1n) is 6.53. The van der Waals surface area contributed by atoms with E-state index in [1.165, 1.54) is 4.31 Å². The van der Waals surface area contributed by atoms with Crippen LogP contribution >= 0.6 is 12.4 Å². The summed E-state index contributed by atoms with van der Waals surface area (Å²) >= 11 is 0. The molecule has 1 aromatic carbocycles. The van der Waals surface area contributed by atoms with E-state index < -0.39 is 10.0 Å². The van der Waals surface area contributed by atoms with Crippen molar-refractivity contribution < 1.29 is 13.2 Å². The Balaban J connectivity index is 0.00000220. The minimum Gasteiger partial charge on any atom is -0.339 e. The average molecular weight is 334 g/mol. The fourth-order valence-electron chi connectivity index (χ4n) is 2.18. The van der Waals surface area contributed by atoms with Crippen molar-refractivity contribution in [1.82, 2.24) is 14.5 Å². The number of nitrogens with zero attached hydrogens (tertiary/aromatic N) is 2. The number of carbonyl (C=O) groups excluding carboxylic acids is 1. The van der Waals surface area contributed by atoms with Gasteiger partial charge in [0.25, 0.3) is 0 Å². The minimum absolute atomic E-state index is 0. The van der Waals surface area contributed by atoms with Gasteiger partial charge in [0.05, 0.1) is 11.4 Å². The summed E-state index contributed by atoms with van der Waals surface area (Å²) in [4.78, 5) is 13.7. The number of piperazine rings is 1. The Bertz CT molecular complexity index is 557. The number of likely N-dealkylation sites (N-methyl/N-ethyl adjacent to an activating group) is 1. The predicted molar refractivity (Wildman–Crippen MR) is 83.0 cm³/mol. The molecule has 118 valence electrons. The van der Waals surface area contributed by atoms with Crippen LogP contribution in [0, 0.1) is 0 Å². The van der Waals surface area contributed by atoms with Gasteiger partial charge in [-0.05, 0) is 19.2 Å². The summed E-state index contributed by atoms with van der Waals surface area (Å²) in [5.41, 5.74) is 0. The van der Waals surface area contributed by atoms with Gasteiger partial charge in [0, 0.05) is 26.2 Å². The first-order chi connectivity index (χ1) is 9.55. The topological polar surface area (TPSA) is 69.7 Å². The van der Waals surface area contributed by atoms with Gasteiger partial charge in [-0.3, -0.25) is 4.79 Å². The molecule has 8 heteroatoms. The van der Waals surface area contributed by atoms with Gasteiger partial charge in [-0.1, -0.05) is 18.2 Å². The Morgan fingerprint density at radius 1 is 1.14 bits per heavy atom. The predicted octanol–water partition coefficient (Wildman–Crippen LogP) is 0.161. The Morgan fingerprint density at radius 2 is 1.71 bits per heavy atom. The number of amides is 1. The summed E-state index contributed by atoms with van der Waals surface area (Å²) in [5.74, 6) is 0.00394. The van der Waals surface area contributed by atoms with E-state index in [0.717, 1.165) is 0 Å². The zero-order chi connectivity index (χ0) is 14.6.